The van der Waals surface area contributed by atoms with E-state index in [9.17, 15) is 14.0 Å². The van der Waals surface area contributed by atoms with Crippen molar-refractivity contribution in [2.45, 2.75) is 18.9 Å². The van der Waals surface area contributed by atoms with E-state index < -0.39 is 11.7 Å². The smallest absolute Gasteiger partial charge is 0.319 e. The molecule has 0 aliphatic carbocycles. The Balaban J connectivity index is 1.53. The summed E-state index contributed by atoms with van der Waals surface area (Å²) in [6, 6.07) is 10.2. The highest BCUT2D eigenvalue weighted by molar-refractivity contribution is 6.34. The summed E-state index contributed by atoms with van der Waals surface area (Å²) in [6.07, 6.45) is 2.03. The maximum atomic E-state index is 13.8. The lowest BCUT2D eigenvalue weighted by molar-refractivity contribution is 0.102. The number of ether oxygens (including phenoxy) is 1. The minimum Gasteiger partial charge on any atom is -0.376 e. The summed E-state index contributed by atoms with van der Waals surface area (Å²) in [4.78, 5) is 24.1. The zero-order valence-electron chi connectivity index (χ0n) is 14.4. The van der Waals surface area contributed by atoms with Crippen molar-refractivity contribution in [1.82, 2.24) is 5.32 Å². The quantitative estimate of drug-likeness (QED) is 0.719. The molecule has 0 bridgehead atoms. The summed E-state index contributed by atoms with van der Waals surface area (Å²) in [5.41, 5.74) is 0.793. The lowest BCUT2D eigenvalue weighted by Gasteiger charge is -2.12. The van der Waals surface area contributed by atoms with E-state index in [1.807, 2.05) is 0 Å². The molecule has 1 aliphatic rings. The van der Waals surface area contributed by atoms with Crippen molar-refractivity contribution in [2.24, 2.45) is 0 Å². The van der Waals surface area contributed by atoms with Crippen LogP contribution in [0.2, 0.25) is 5.02 Å². The molecular formula is C19H19ClFN3O3. The number of hydrogen-bond donors (Lipinski definition) is 3. The summed E-state index contributed by atoms with van der Waals surface area (Å²) in [5.74, 6) is -1.34. The Morgan fingerprint density at radius 2 is 1.81 bits per heavy atom. The summed E-state index contributed by atoms with van der Waals surface area (Å²) in [5, 5.41) is 8.06. The minimum atomic E-state index is -0.693. The summed E-state index contributed by atoms with van der Waals surface area (Å²) >= 11 is 5.89. The van der Waals surface area contributed by atoms with E-state index in [1.165, 1.54) is 18.2 Å². The molecule has 1 aliphatic heterocycles. The number of hydrogen-bond acceptors (Lipinski definition) is 3. The van der Waals surface area contributed by atoms with Crippen LogP contribution < -0.4 is 16.0 Å². The first-order chi connectivity index (χ1) is 13.0. The predicted molar refractivity (Wildman–Crippen MR) is 102 cm³/mol. The van der Waals surface area contributed by atoms with Crippen molar-refractivity contribution in [1.29, 1.82) is 0 Å². The van der Waals surface area contributed by atoms with Gasteiger partial charge in [0.25, 0.3) is 5.91 Å². The zero-order chi connectivity index (χ0) is 19.2. The van der Waals surface area contributed by atoms with Gasteiger partial charge in [0, 0.05) is 24.5 Å². The summed E-state index contributed by atoms with van der Waals surface area (Å²) < 4.78 is 19.2. The molecule has 1 saturated heterocycles. The van der Waals surface area contributed by atoms with Gasteiger partial charge in [0.05, 0.1) is 16.7 Å². The van der Waals surface area contributed by atoms with E-state index >= 15 is 0 Å². The molecular weight excluding hydrogens is 373 g/mol. The van der Waals surface area contributed by atoms with Crippen molar-refractivity contribution in [3.8, 4) is 0 Å². The molecule has 0 spiro atoms. The minimum absolute atomic E-state index is 0.0358. The first-order valence-electron chi connectivity index (χ1n) is 8.55. The van der Waals surface area contributed by atoms with Crippen LogP contribution in [0.3, 0.4) is 0 Å². The van der Waals surface area contributed by atoms with Gasteiger partial charge in [0.15, 0.2) is 0 Å². The molecule has 27 heavy (non-hydrogen) atoms. The van der Waals surface area contributed by atoms with Gasteiger partial charge in [-0.1, -0.05) is 17.7 Å². The molecule has 0 radical (unpaired) electrons. The van der Waals surface area contributed by atoms with Gasteiger partial charge in [0.2, 0.25) is 0 Å². The second-order valence-electron chi connectivity index (χ2n) is 6.10. The molecule has 2 aromatic rings. The fourth-order valence-corrected chi connectivity index (χ4v) is 2.98. The normalized spacial score (nSPS) is 16.0. The fourth-order valence-electron chi connectivity index (χ4n) is 2.73. The number of anilines is 2. The Kier molecular flexibility index (Phi) is 6.26. The van der Waals surface area contributed by atoms with Gasteiger partial charge in [-0.05, 0) is 49.2 Å². The SMILES string of the molecule is O=C(NCC1CCCO1)Nc1ccc(NC(=O)c2c(F)cccc2Cl)cc1. The molecule has 3 N–H and O–H groups in total. The maximum absolute atomic E-state index is 13.8. The molecule has 1 unspecified atom stereocenters. The van der Waals surface area contributed by atoms with Crippen molar-refractivity contribution in [2.75, 3.05) is 23.8 Å². The van der Waals surface area contributed by atoms with Gasteiger partial charge < -0.3 is 20.7 Å². The average Bonchev–Trinajstić information content (AvgIpc) is 3.15. The molecule has 3 rings (SSSR count). The largest absolute Gasteiger partial charge is 0.376 e. The van der Waals surface area contributed by atoms with Crippen LogP contribution in [0.4, 0.5) is 20.6 Å². The number of carbonyl (C=O) groups is 2. The monoisotopic (exact) mass is 391 g/mol. The van der Waals surface area contributed by atoms with Crippen molar-refractivity contribution in [3.05, 3.63) is 58.9 Å². The Morgan fingerprint density at radius 3 is 2.44 bits per heavy atom. The average molecular weight is 392 g/mol. The molecule has 8 heteroatoms. The van der Waals surface area contributed by atoms with Gasteiger partial charge in [0.1, 0.15) is 5.82 Å². The highest BCUT2D eigenvalue weighted by atomic mass is 35.5. The van der Waals surface area contributed by atoms with E-state index in [1.54, 1.807) is 24.3 Å². The van der Waals surface area contributed by atoms with Gasteiger partial charge in [-0.25, -0.2) is 9.18 Å². The number of rotatable bonds is 5. The van der Waals surface area contributed by atoms with Gasteiger partial charge in [-0.3, -0.25) is 4.79 Å². The Morgan fingerprint density at radius 1 is 1.11 bits per heavy atom. The van der Waals surface area contributed by atoms with Crippen LogP contribution in [0.5, 0.6) is 0 Å². The first kappa shape index (κ1) is 19.1. The molecule has 1 heterocycles. The molecule has 0 aromatic heterocycles. The second kappa shape index (κ2) is 8.83. The van der Waals surface area contributed by atoms with Gasteiger partial charge in [-0.2, -0.15) is 0 Å². The molecule has 1 fully saturated rings. The van der Waals surface area contributed by atoms with Gasteiger partial charge in [-0.15, -0.1) is 0 Å². The molecule has 3 amide bonds. The molecule has 142 valence electrons. The third-order valence-corrected chi connectivity index (χ3v) is 4.42. The highest BCUT2D eigenvalue weighted by Gasteiger charge is 2.17. The summed E-state index contributed by atoms with van der Waals surface area (Å²) in [6.45, 7) is 1.20. The Bertz CT molecular complexity index is 803. The van der Waals surface area contributed by atoms with Crippen LogP contribution in [0.1, 0.15) is 23.2 Å². The molecule has 6 nitrogen and oxygen atoms in total. The first-order valence-corrected chi connectivity index (χ1v) is 8.92. The lowest BCUT2D eigenvalue weighted by Crippen LogP contribution is -2.35. The number of urea groups is 1. The van der Waals surface area contributed by atoms with Crippen molar-refractivity contribution < 1.29 is 18.7 Å². The van der Waals surface area contributed by atoms with Gasteiger partial charge >= 0.3 is 6.03 Å². The standard InChI is InChI=1S/C19H19ClFN3O3/c20-15-4-1-5-16(21)17(15)18(25)23-12-6-8-13(9-7-12)24-19(26)22-11-14-3-2-10-27-14/h1,4-9,14H,2-3,10-11H2,(H,23,25)(H2,22,24,26). The van der Waals surface area contributed by atoms with E-state index in [0.717, 1.165) is 19.4 Å². The second-order valence-corrected chi connectivity index (χ2v) is 6.51. The number of halogens is 2. The van der Waals surface area contributed by atoms with E-state index in [2.05, 4.69) is 16.0 Å². The Labute approximate surface area is 161 Å². The van der Waals surface area contributed by atoms with Crippen molar-refractivity contribution in [3.63, 3.8) is 0 Å². The van der Waals surface area contributed by atoms with E-state index in [-0.39, 0.29) is 22.7 Å². The van der Waals surface area contributed by atoms with Crippen LogP contribution in [0, 0.1) is 5.82 Å². The molecule has 0 saturated carbocycles. The number of nitrogens with one attached hydrogen (secondary N) is 3. The van der Waals surface area contributed by atoms with E-state index in [0.29, 0.717) is 17.9 Å². The number of carbonyl (C=O) groups excluding carboxylic acids is 2. The van der Waals surface area contributed by atoms with Crippen LogP contribution in [0.15, 0.2) is 42.5 Å². The molecule has 1 atom stereocenters. The van der Waals surface area contributed by atoms with Crippen LogP contribution >= 0.6 is 11.6 Å². The van der Waals surface area contributed by atoms with Crippen molar-refractivity contribution >= 4 is 34.9 Å². The maximum Gasteiger partial charge on any atom is 0.319 e. The highest BCUT2D eigenvalue weighted by Crippen LogP contribution is 2.21. The van der Waals surface area contributed by atoms with Crippen LogP contribution in [0.25, 0.3) is 0 Å². The van der Waals surface area contributed by atoms with Crippen LogP contribution in [-0.4, -0.2) is 31.2 Å². The third-order valence-electron chi connectivity index (χ3n) is 4.10. The van der Waals surface area contributed by atoms with E-state index in [4.69, 9.17) is 16.3 Å². The molecule has 2 aromatic carbocycles. The zero-order valence-corrected chi connectivity index (χ0v) is 15.2. The summed E-state index contributed by atoms with van der Waals surface area (Å²) in [7, 11) is 0. The Hall–Kier alpha value is -2.64. The predicted octanol–water partition coefficient (Wildman–Crippen LogP) is 4.03. The third kappa shape index (κ3) is 5.18. The fraction of sp³-hybridized carbons (Fsp3) is 0.263. The topological polar surface area (TPSA) is 79.5 Å². The lowest BCUT2D eigenvalue weighted by atomic mass is 10.2. The number of benzene rings is 2. The number of amides is 3. The van der Waals surface area contributed by atoms with Crippen LogP contribution in [-0.2, 0) is 4.74 Å².